The number of carbonyl (C=O) groups excluding carboxylic acids is 1. The van der Waals surface area contributed by atoms with Crippen molar-refractivity contribution < 1.29 is 18.8 Å². The highest BCUT2D eigenvalue weighted by Crippen LogP contribution is 2.20. The number of hydrogen-bond acceptors (Lipinski definition) is 4. The Hall–Kier alpha value is -2.96. The number of ether oxygens (including phenoxy) is 1. The van der Waals surface area contributed by atoms with Crippen LogP contribution in [0.5, 0.6) is 5.75 Å². The summed E-state index contributed by atoms with van der Waals surface area (Å²) in [4.78, 5) is 24.1. The van der Waals surface area contributed by atoms with Crippen molar-refractivity contribution in [2.45, 2.75) is 6.92 Å². The van der Waals surface area contributed by atoms with Gasteiger partial charge >= 0.3 is 0 Å². The van der Waals surface area contributed by atoms with E-state index in [1.54, 1.807) is 32.2 Å². The zero-order valence-electron chi connectivity index (χ0n) is 13.4. The molecule has 2 aromatic carbocycles. The molecule has 0 aliphatic rings. The van der Waals surface area contributed by atoms with Crippen LogP contribution in [0.4, 0.5) is 10.1 Å². The molecular formula is C17H17FN2O4. The zero-order valence-corrected chi connectivity index (χ0v) is 13.4. The molecule has 7 heteroatoms. The van der Waals surface area contributed by atoms with Crippen molar-refractivity contribution in [1.82, 2.24) is 4.90 Å². The van der Waals surface area contributed by atoms with E-state index in [-0.39, 0.29) is 36.1 Å². The zero-order chi connectivity index (χ0) is 17.7. The molecule has 2 aromatic rings. The van der Waals surface area contributed by atoms with Gasteiger partial charge < -0.3 is 9.64 Å². The molecule has 0 saturated carbocycles. The van der Waals surface area contributed by atoms with Crippen LogP contribution in [0.15, 0.2) is 42.5 Å². The predicted molar refractivity (Wildman–Crippen MR) is 86.7 cm³/mol. The molecule has 0 N–H and O–H groups in total. The highest BCUT2D eigenvalue weighted by molar-refractivity contribution is 5.94. The second kappa shape index (κ2) is 7.54. The predicted octanol–water partition coefficient (Wildman–Crippen LogP) is 3.19. The number of para-hydroxylation sites is 1. The summed E-state index contributed by atoms with van der Waals surface area (Å²) in [6, 6.07) is 10.3. The lowest BCUT2D eigenvalue weighted by Gasteiger charge is -2.17. The monoisotopic (exact) mass is 332 g/mol. The van der Waals surface area contributed by atoms with Gasteiger partial charge in [-0.3, -0.25) is 14.9 Å². The minimum absolute atomic E-state index is 0.100. The van der Waals surface area contributed by atoms with Gasteiger partial charge in [0.05, 0.1) is 11.5 Å². The molecule has 24 heavy (non-hydrogen) atoms. The third-order valence-electron chi connectivity index (χ3n) is 3.52. The smallest absolute Gasteiger partial charge is 0.273 e. The van der Waals surface area contributed by atoms with Gasteiger partial charge in [0.15, 0.2) is 11.6 Å². The van der Waals surface area contributed by atoms with Crippen molar-refractivity contribution in [2.24, 2.45) is 0 Å². The van der Waals surface area contributed by atoms with Gasteiger partial charge in [0.2, 0.25) is 0 Å². The van der Waals surface area contributed by atoms with Gasteiger partial charge in [0.25, 0.3) is 11.6 Å². The molecule has 6 nitrogen and oxygen atoms in total. The molecule has 1 amide bonds. The number of aryl methyl sites for hydroxylation is 1. The van der Waals surface area contributed by atoms with Crippen molar-refractivity contribution in [3.63, 3.8) is 0 Å². The number of carbonyl (C=O) groups is 1. The number of halogens is 1. The number of nitro benzene ring substituents is 1. The van der Waals surface area contributed by atoms with E-state index in [1.807, 2.05) is 0 Å². The fourth-order valence-electron chi connectivity index (χ4n) is 2.12. The van der Waals surface area contributed by atoms with Crippen LogP contribution in [0.3, 0.4) is 0 Å². The summed E-state index contributed by atoms with van der Waals surface area (Å²) >= 11 is 0. The molecule has 0 bridgehead atoms. The van der Waals surface area contributed by atoms with Crippen LogP contribution >= 0.6 is 0 Å². The number of nitrogens with zero attached hydrogens (tertiary/aromatic N) is 2. The van der Waals surface area contributed by atoms with Crippen LogP contribution in [0.1, 0.15) is 15.9 Å². The number of likely N-dealkylation sites (N-methyl/N-ethyl adjacent to an activating group) is 1. The van der Waals surface area contributed by atoms with Gasteiger partial charge in [-0.1, -0.05) is 18.2 Å². The molecule has 0 heterocycles. The van der Waals surface area contributed by atoms with Gasteiger partial charge in [-0.15, -0.1) is 0 Å². The number of amides is 1. The highest BCUT2D eigenvalue weighted by Gasteiger charge is 2.17. The van der Waals surface area contributed by atoms with Crippen molar-refractivity contribution in [2.75, 3.05) is 20.2 Å². The third-order valence-corrected chi connectivity index (χ3v) is 3.52. The first kappa shape index (κ1) is 17.4. The molecule has 0 fully saturated rings. The molecule has 2 rings (SSSR count). The molecule has 0 atom stereocenters. The van der Waals surface area contributed by atoms with Crippen molar-refractivity contribution in [1.29, 1.82) is 0 Å². The summed E-state index contributed by atoms with van der Waals surface area (Å²) in [6.45, 7) is 1.93. The lowest BCUT2D eigenvalue weighted by molar-refractivity contribution is -0.385. The Labute approximate surface area is 138 Å². The fourth-order valence-corrected chi connectivity index (χ4v) is 2.12. The molecule has 0 spiro atoms. The SMILES string of the molecule is Cc1ccc(C(=O)N(C)CCOc2ccccc2F)cc1[N+](=O)[O-]. The van der Waals surface area contributed by atoms with Crippen molar-refractivity contribution in [3.05, 3.63) is 69.5 Å². The standard InChI is InChI=1S/C17H17FN2O4/c1-12-7-8-13(11-15(12)20(22)23)17(21)19(2)9-10-24-16-6-4-3-5-14(16)18/h3-8,11H,9-10H2,1-2H3. The normalized spacial score (nSPS) is 10.3. The fraction of sp³-hybridized carbons (Fsp3) is 0.235. The first-order valence-electron chi connectivity index (χ1n) is 7.28. The van der Waals surface area contributed by atoms with Gasteiger partial charge in [-0.05, 0) is 25.1 Å². The third kappa shape index (κ3) is 4.07. The van der Waals surface area contributed by atoms with E-state index in [0.717, 1.165) is 0 Å². The summed E-state index contributed by atoms with van der Waals surface area (Å²) in [6.07, 6.45) is 0. The number of nitro groups is 1. The van der Waals surface area contributed by atoms with Crippen molar-refractivity contribution >= 4 is 11.6 Å². The molecule has 0 aliphatic heterocycles. The summed E-state index contributed by atoms with van der Waals surface area (Å²) in [5.41, 5.74) is 0.611. The van der Waals surface area contributed by atoms with Crippen LogP contribution in [-0.4, -0.2) is 35.9 Å². The van der Waals surface area contributed by atoms with Crippen molar-refractivity contribution in [3.8, 4) is 5.75 Å². The maximum atomic E-state index is 13.4. The summed E-state index contributed by atoms with van der Waals surface area (Å²) in [7, 11) is 1.55. The second-order valence-corrected chi connectivity index (χ2v) is 5.26. The average Bonchev–Trinajstić information content (AvgIpc) is 2.56. The van der Waals surface area contributed by atoms with Gasteiger partial charge in [0.1, 0.15) is 6.61 Å². The van der Waals surface area contributed by atoms with Gasteiger partial charge in [0, 0.05) is 24.2 Å². The Morgan fingerprint density at radius 3 is 2.67 bits per heavy atom. The maximum absolute atomic E-state index is 13.4. The quantitative estimate of drug-likeness (QED) is 0.601. The molecular weight excluding hydrogens is 315 g/mol. The van der Waals surface area contributed by atoms with Gasteiger partial charge in [-0.2, -0.15) is 0 Å². The van der Waals surface area contributed by atoms with Crippen LogP contribution in [-0.2, 0) is 0 Å². The highest BCUT2D eigenvalue weighted by atomic mass is 19.1. The Bertz CT molecular complexity index is 764. The second-order valence-electron chi connectivity index (χ2n) is 5.26. The minimum atomic E-state index is -0.520. The van der Waals surface area contributed by atoms with E-state index >= 15 is 0 Å². The number of rotatable bonds is 6. The van der Waals surface area contributed by atoms with Crippen LogP contribution < -0.4 is 4.74 Å². The Balaban J connectivity index is 1.98. The van der Waals surface area contributed by atoms with E-state index in [2.05, 4.69) is 0 Å². The van der Waals surface area contributed by atoms with Crippen LogP contribution in [0, 0.1) is 22.9 Å². The molecule has 0 saturated heterocycles. The average molecular weight is 332 g/mol. The molecule has 0 radical (unpaired) electrons. The van der Waals surface area contributed by atoms with Crippen LogP contribution in [0.2, 0.25) is 0 Å². The summed E-state index contributed by atoms with van der Waals surface area (Å²) in [5, 5.41) is 11.0. The first-order valence-corrected chi connectivity index (χ1v) is 7.28. The first-order chi connectivity index (χ1) is 11.4. The maximum Gasteiger partial charge on any atom is 0.273 e. The molecule has 126 valence electrons. The van der Waals surface area contributed by atoms with Gasteiger partial charge in [-0.25, -0.2) is 4.39 Å². The van der Waals surface area contributed by atoms with Crippen LogP contribution in [0.25, 0.3) is 0 Å². The largest absolute Gasteiger partial charge is 0.489 e. The topological polar surface area (TPSA) is 72.7 Å². The molecule has 0 unspecified atom stereocenters. The Morgan fingerprint density at radius 1 is 1.29 bits per heavy atom. The Kier molecular flexibility index (Phi) is 5.47. The number of benzene rings is 2. The summed E-state index contributed by atoms with van der Waals surface area (Å²) < 4.78 is 18.7. The molecule has 0 aromatic heterocycles. The van der Waals surface area contributed by atoms with E-state index in [4.69, 9.17) is 4.74 Å². The summed E-state index contributed by atoms with van der Waals surface area (Å²) in [5.74, 6) is -0.722. The van der Waals surface area contributed by atoms with E-state index < -0.39 is 10.7 Å². The minimum Gasteiger partial charge on any atom is -0.489 e. The number of hydrogen-bond donors (Lipinski definition) is 0. The van der Waals surface area contributed by atoms with E-state index in [9.17, 15) is 19.3 Å². The Morgan fingerprint density at radius 2 is 2.00 bits per heavy atom. The van der Waals surface area contributed by atoms with E-state index in [1.165, 1.54) is 29.2 Å². The molecule has 0 aliphatic carbocycles. The lowest BCUT2D eigenvalue weighted by atomic mass is 10.1. The lowest BCUT2D eigenvalue weighted by Crippen LogP contribution is -2.31. The van der Waals surface area contributed by atoms with E-state index in [0.29, 0.717) is 5.56 Å².